The lowest BCUT2D eigenvalue weighted by atomic mass is 9.70. The van der Waals surface area contributed by atoms with Gasteiger partial charge in [-0.25, -0.2) is 14.4 Å². The minimum absolute atomic E-state index is 0.0247. The Kier molecular flexibility index (Phi) is 6.64. The highest BCUT2D eigenvalue weighted by Gasteiger charge is 2.39. The van der Waals surface area contributed by atoms with Crippen LogP contribution in [0.1, 0.15) is 46.0 Å². The molecular weight excluding hydrogens is 461 g/mol. The van der Waals surface area contributed by atoms with E-state index in [1.807, 2.05) is 24.1 Å². The van der Waals surface area contributed by atoms with Gasteiger partial charge in [0.05, 0.1) is 17.8 Å². The average Bonchev–Trinajstić information content (AvgIpc) is 2.90. The van der Waals surface area contributed by atoms with Gasteiger partial charge in [-0.1, -0.05) is 26.3 Å². The summed E-state index contributed by atoms with van der Waals surface area (Å²) in [5.74, 6) is 1.89. The van der Waals surface area contributed by atoms with Crippen molar-refractivity contribution >= 4 is 5.82 Å². The Balaban J connectivity index is 1.33. The van der Waals surface area contributed by atoms with Crippen LogP contribution in [0.2, 0.25) is 0 Å². The molecule has 3 heterocycles. The maximum Gasteiger partial charge on any atom is 0.257 e. The van der Waals surface area contributed by atoms with Gasteiger partial charge in [0.2, 0.25) is 0 Å². The number of hydrogen-bond acceptors (Lipinski definition) is 8. The normalized spacial score (nSPS) is 23.3. The molecule has 2 aliphatic rings. The van der Waals surface area contributed by atoms with Crippen LogP contribution in [0.4, 0.5) is 10.2 Å². The number of fused-ring (bicyclic) bond motifs is 1. The van der Waals surface area contributed by atoms with Crippen LogP contribution in [0.25, 0.3) is 22.5 Å². The fourth-order valence-corrected chi connectivity index (χ4v) is 5.34. The Labute approximate surface area is 210 Å². The molecule has 0 amide bonds. The van der Waals surface area contributed by atoms with Crippen molar-refractivity contribution in [2.24, 2.45) is 5.41 Å². The third-order valence-electron chi connectivity index (χ3n) is 7.37. The van der Waals surface area contributed by atoms with Gasteiger partial charge in [-0.05, 0) is 54.9 Å². The number of ether oxygens (including phenoxy) is 2. The summed E-state index contributed by atoms with van der Waals surface area (Å²) in [6, 6.07) is 6.82. The molecule has 5 rings (SSSR count). The molecule has 8 nitrogen and oxygen atoms in total. The number of rotatable bonds is 6. The first-order valence-corrected chi connectivity index (χ1v) is 12.5. The van der Waals surface area contributed by atoms with Gasteiger partial charge in [0, 0.05) is 18.8 Å². The Bertz CT molecular complexity index is 1220. The van der Waals surface area contributed by atoms with Crippen molar-refractivity contribution in [3.63, 3.8) is 0 Å². The summed E-state index contributed by atoms with van der Waals surface area (Å²) in [7, 11) is 1.86. The number of phenols is 1. The summed E-state index contributed by atoms with van der Waals surface area (Å²) in [6.45, 7) is 5.38. The highest BCUT2D eigenvalue weighted by molar-refractivity contribution is 5.73. The van der Waals surface area contributed by atoms with Gasteiger partial charge >= 0.3 is 0 Å². The molecule has 1 aliphatic heterocycles. The maximum atomic E-state index is 14.9. The van der Waals surface area contributed by atoms with Crippen LogP contribution in [0, 0.1) is 5.41 Å². The summed E-state index contributed by atoms with van der Waals surface area (Å²) in [6.07, 6.45) is 6.79. The number of alkyl halides is 1. The number of benzene rings is 1. The number of halogens is 1. The molecule has 2 aromatic heterocycles. The lowest BCUT2D eigenvalue weighted by molar-refractivity contribution is 0.102. The summed E-state index contributed by atoms with van der Waals surface area (Å²) >= 11 is 0. The number of aromatic hydroxyl groups is 1. The van der Waals surface area contributed by atoms with E-state index in [0.717, 1.165) is 36.8 Å². The van der Waals surface area contributed by atoms with Crippen LogP contribution in [0.3, 0.4) is 0 Å². The Morgan fingerprint density at radius 2 is 1.94 bits per heavy atom. The fourth-order valence-electron chi connectivity index (χ4n) is 5.34. The summed E-state index contributed by atoms with van der Waals surface area (Å²) < 4.78 is 26.0. The molecule has 0 radical (unpaired) electrons. The van der Waals surface area contributed by atoms with Crippen LogP contribution in [0.5, 0.6) is 17.4 Å². The van der Waals surface area contributed by atoms with Crippen molar-refractivity contribution in [2.45, 2.75) is 58.2 Å². The maximum absolute atomic E-state index is 14.9. The molecule has 0 saturated heterocycles. The van der Waals surface area contributed by atoms with Gasteiger partial charge in [-0.2, -0.15) is 0 Å². The molecule has 3 atom stereocenters. The number of nitrogens with zero attached hydrogens (tertiary/aromatic N) is 5. The van der Waals surface area contributed by atoms with E-state index in [-0.39, 0.29) is 17.2 Å². The van der Waals surface area contributed by atoms with Crippen molar-refractivity contribution < 1.29 is 19.0 Å². The Hall–Kier alpha value is -3.49. The van der Waals surface area contributed by atoms with Crippen LogP contribution in [-0.2, 0) is 0 Å². The zero-order valence-corrected chi connectivity index (χ0v) is 20.9. The second-order valence-corrected chi connectivity index (χ2v) is 10.1. The zero-order chi connectivity index (χ0) is 25.3. The second-order valence-electron chi connectivity index (χ2n) is 10.1. The van der Waals surface area contributed by atoms with Gasteiger partial charge in [0.15, 0.2) is 17.4 Å². The van der Waals surface area contributed by atoms with Crippen LogP contribution >= 0.6 is 0 Å². The van der Waals surface area contributed by atoms with Crippen LogP contribution in [0.15, 0.2) is 36.7 Å². The van der Waals surface area contributed by atoms with Crippen LogP contribution in [-0.4, -0.2) is 57.7 Å². The molecule has 1 fully saturated rings. The lowest BCUT2D eigenvalue weighted by Gasteiger charge is -2.43. The third-order valence-corrected chi connectivity index (χ3v) is 7.37. The highest BCUT2D eigenvalue weighted by atomic mass is 19.1. The average molecular weight is 494 g/mol. The SMILES string of the molecule is CCC[C@]1(C)CC[C@H](F)[C@H](N(C)c2cnc(-c3ccc(-c4cnc5c(c4)OCCO5)cc3O)nn2)C1. The number of anilines is 1. The number of phenolic OH excluding ortho intramolecular Hbond substituents is 1. The lowest BCUT2D eigenvalue weighted by Crippen LogP contribution is -2.47. The third kappa shape index (κ3) is 4.79. The van der Waals surface area contributed by atoms with Crippen molar-refractivity contribution in [1.29, 1.82) is 0 Å². The van der Waals surface area contributed by atoms with E-state index in [2.05, 4.69) is 34.0 Å². The quantitative estimate of drug-likeness (QED) is 0.500. The molecule has 1 aromatic carbocycles. The Morgan fingerprint density at radius 1 is 1.11 bits per heavy atom. The molecule has 0 unspecified atom stereocenters. The van der Waals surface area contributed by atoms with E-state index in [1.54, 1.807) is 24.5 Å². The molecule has 0 bridgehead atoms. The molecule has 1 saturated carbocycles. The van der Waals surface area contributed by atoms with Crippen molar-refractivity contribution in [3.8, 4) is 39.9 Å². The molecular formula is C27H32FN5O3. The van der Waals surface area contributed by atoms with Gasteiger partial charge in [0.25, 0.3) is 5.88 Å². The van der Waals surface area contributed by atoms with E-state index >= 15 is 0 Å². The molecule has 0 spiro atoms. The number of hydrogen-bond donors (Lipinski definition) is 1. The van der Waals surface area contributed by atoms with Crippen molar-refractivity contribution in [1.82, 2.24) is 20.2 Å². The van der Waals surface area contributed by atoms with E-state index in [0.29, 0.717) is 48.5 Å². The predicted octanol–water partition coefficient (Wildman–Crippen LogP) is 5.21. The molecule has 9 heteroatoms. The minimum atomic E-state index is -0.909. The van der Waals surface area contributed by atoms with Gasteiger partial charge in [-0.3, -0.25) is 0 Å². The van der Waals surface area contributed by atoms with Crippen LogP contribution < -0.4 is 14.4 Å². The predicted molar refractivity (Wildman–Crippen MR) is 135 cm³/mol. The zero-order valence-electron chi connectivity index (χ0n) is 20.9. The fraction of sp³-hybridized carbons (Fsp3) is 0.481. The second kappa shape index (κ2) is 9.87. The van der Waals surface area contributed by atoms with Gasteiger partial charge in [0.1, 0.15) is 25.1 Å². The first kappa shape index (κ1) is 24.2. The minimum Gasteiger partial charge on any atom is -0.507 e. The molecule has 36 heavy (non-hydrogen) atoms. The van der Waals surface area contributed by atoms with Crippen molar-refractivity contribution in [2.75, 3.05) is 25.2 Å². The first-order chi connectivity index (χ1) is 17.4. The van der Waals surface area contributed by atoms with Gasteiger partial charge < -0.3 is 19.5 Å². The van der Waals surface area contributed by atoms with Crippen molar-refractivity contribution in [3.05, 3.63) is 36.7 Å². The topological polar surface area (TPSA) is 93.5 Å². The highest BCUT2D eigenvalue weighted by Crippen LogP contribution is 2.43. The largest absolute Gasteiger partial charge is 0.507 e. The summed E-state index contributed by atoms with van der Waals surface area (Å²) in [4.78, 5) is 10.6. The van der Waals surface area contributed by atoms with E-state index in [4.69, 9.17) is 9.47 Å². The van der Waals surface area contributed by atoms with E-state index in [1.165, 1.54) is 0 Å². The smallest absolute Gasteiger partial charge is 0.257 e. The van der Waals surface area contributed by atoms with Gasteiger partial charge in [-0.15, -0.1) is 10.2 Å². The van der Waals surface area contributed by atoms with E-state index < -0.39 is 6.17 Å². The molecule has 190 valence electrons. The van der Waals surface area contributed by atoms with E-state index in [9.17, 15) is 9.50 Å². The Morgan fingerprint density at radius 3 is 2.69 bits per heavy atom. The monoisotopic (exact) mass is 493 g/mol. The number of aromatic nitrogens is 4. The summed E-state index contributed by atoms with van der Waals surface area (Å²) in [5, 5.41) is 19.3. The standard InChI is InChI=1S/C27H32FN5O3/c1-4-8-27(2)9-7-20(28)21(14-27)33(3)24-16-29-25(32-31-24)19-6-5-17(12-22(19)34)18-13-23-26(30-15-18)36-11-10-35-23/h5-6,12-13,15-16,20-21,34H,4,7-11,14H2,1-3H3/t20-,21+,27+/m0/s1. The molecule has 3 aromatic rings. The number of pyridine rings is 1. The first-order valence-electron chi connectivity index (χ1n) is 12.5. The molecule has 1 N–H and O–H groups in total. The molecule has 1 aliphatic carbocycles. The summed E-state index contributed by atoms with van der Waals surface area (Å²) in [5.41, 5.74) is 2.16.